The summed E-state index contributed by atoms with van der Waals surface area (Å²) in [7, 11) is 0. The summed E-state index contributed by atoms with van der Waals surface area (Å²) in [5.41, 5.74) is 7.89. The molecule has 164 valence electrons. The van der Waals surface area contributed by atoms with Crippen LogP contribution in [-0.2, 0) is 6.61 Å². The van der Waals surface area contributed by atoms with Crippen molar-refractivity contribution in [1.82, 2.24) is 15.0 Å². The lowest BCUT2D eigenvalue weighted by Gasteiger charge is -2.42. The fourth-order valence-corrected chi connectivity index (χ4v) is 3.86. The van der Waals surface area contributed by atoms with Gasteiger partial charge in [0.05, 0.1) is 18.0 Å². The minimum absolute atomic E-state index is 0.0595. The predicted octanol–water partition coefficient (Wildman–Crippen LogP) is 3.55. The highest BCUT2D eigenvalue weighted by Crippen LogP contribution is 2.38. The highest BCUT2D eigenvalue weighted by molar-refractivity contribution is 6.34. The van der Waals surface area contributed by atoms with E-state index in [2.05, 4.69) is 31.5 Å². The smallest absolute Gasteiger partial charge is 0.388 e. The van der Waals surface area contributed by atoms with Gasteiger partial charge in [-0.25, -0.2) is 15.0 Å². The fraction of sp³-hybridized carbons (Fsp3) is 0.550. The molecule has 1 saturated heterocycles. The van der Waals surface area contributed by atoms with Crippen LogP contribution in [0.1, 0.15) is 38.1 Å². The number of pyridine rings is 1. The SMILES string of the molecule is Cc1nc(N2CCC(C)(C(C)N)CC2)c(CO)nc1-c1ccnc(OC(F)F)c1Cl. The van der Waals surface area contributed by atoms with Crippen LogP contribution in [0.25, 0.3) is 11.3 Å². The van der Waals surface area contributed by atoms with Crippen molar-refractivity contribution in [2.45, 2.75) is 52.9 Å². The number of anilines is 1. The molecule has 2 aromatic heterocycles. The van der Waals surface area contributed by atoms with Gasteiger partial charge in [0, 0.05) is 30.9 Å². The lowest BCUT2D eigenvalue weighted by Crippen LogP contribution is -2.47. The second-order valence-electron chi connectivity index (χ2n) is 7.87. The van der Waals surface area contributed by atoms with Gasteiger partial charge < -0.3 is 20.5 Å². The Hall–Kier alpha value is -2.10. The summed E-state index contributed by atoms with van der Waals surface area (Å²) in [4.78, 5) is 15.1. The van der Waals surface area contributed by atoms with Gasteiger partial charge in [0.25, 0.3) is 0 Å². The molecular weight excluding hydrogens is 416 g/mol. The summed E-state index contributed by atoms with van der Waals surface area (Å²) in [5.74, 6) is 0.228. The number of halogens is 3. The van der Waals surface area contributed by atoms with Gasteiger partial charge in [0.1, 0.15) is 10.7 Å². The Morgan fingerprint density at radius 1 is 1.33 bits per heavy atom. The molecule has 1 aliphatic rings. The molecule has 7 nitrogen and oxygen atoms in total. The second kappa shape index (κ2) is 8.95. The molecule has 0 aromatic carbocycles. The van der Waals surface area contributed by atoms with Crippen LogP contribution >= 0.6 is 11.6 Å². The molecule has 3 rings (SSSR count). The van der Waals surface area contributed by atoms with Crippen molar-refractivity contribution >= 4 is 17.4 Å². The molecule has 0 bridgehead atoms. The fourth-order valence-electron chi connectivity index (χ4n) is 3.62. The third-order valence-electron chi connectivity index (χ3n) is 5.89. The van der Waals surface area contributed by atoms with Crippen molar-refractivity contribution in [2.24, 2.45) is 11.1 Å². The highest BCUT2D eigenvalue weighted by atomic mass is 35.5. The lowest BCUT2D eigenvalue weighted by atomic mass is 9.75. The number of nitrogens with zero attached hydrogens (tertiary/aromatic N) is 4. The first-order valence-corrected chi connectivity index (χ1v) is 10.1. The van der Waals surface area contributed by atoms with Gasteiger partial charge in [-0.2, -0.15) is 8.78 Å². The Morgan fingerprint density at radius 2 is 2.00 bits per heavy atom. The van der Waals surface area contributed by atoms with Gasteiger partial charge >= 0.3 is 6.61 Å². The summed E-state index contributed by atoms with van der Waals surface area (Å²) < 4.78 is 29.6. The van der Waals surface area contributed by atoms with E-state index in [1.54, 1.807) is 13.0 Å². The summed E-state index contributed by atoms with van der Waals surface area (Å²) >= 11 is 6.23. The Kier molecular flexibility index (Phi) is 6.74. The van der Waals surface area contributed by atoms with Gasteiger partial charge in [-0.1, -0.05) is 18.5 Å². The number of aryl methyl sites for hydroxylation is 1. The number of ether oxygens (including phenoxy) is 1. The number of hydrogen-bond donors (Lipinski definition) is 2. The molecule has 0 radical (unpaired) electrons. The van der Waals surface area contributed by atoms with Gasteiger partial charge in [-0.05, 0) is 38.2 Å². The van der Waals surface area contributed by atoms with Crippen LogP contribution in [0.2, 0.25) is 5.02 Å². The summed E-state index contributed by atoms with van der Waals surface area (Å²) in [6.45, 7) is 4.10. The maximum absolute atomic E-state index is 12.6. The van der Waals surface area contributed by atoms with Crippen molar-refractivity contribution in [2.75, 3.05) is 18.0 Å². The zero-order chi connectivity index (χ0) is 22.1. The molecule has 3 N–H and O–H groups in total. The Labute approximate surface area is 179 Å². The molecular formula is C20H26ClF2N5O2. The largest absolute Gasteiger partial charge is 0.415 e. The van der Waals surface area contributed by atoms with Crippen LogP contribution in [0.15, 0.2) is 12.3 Å². The monoisotopic (exact) mass is 441 g/mol. The third kappa shape index (κ3) is 4.48. The zero-order valence-corrected chi connectivity index (χ0v) is 18.0. The number of piperidine rings is 1. The molecule has 1 atom stereocenters. The summed E-state index contributed by atoms with van der Waals surface area (Å²) in [6, 6.07) is 1.64. The van der Waals surface area contributed by atoms with Crippen LogP contribution in [0.4, 0.5) is 14.6 Å². The first kappa shape index (κ1) is 22.6. The van der Waals surface area contributed by atoms with Crippen LogP contribution in [0.5, 0.6) is 5.88 Å². The maximum Gasteiger partial charge on any atom is 0.388 e. The number of aliphatic hydroxyl groups excluding tert-OH is 1. The van der Waals surface area contributed by atoms with E-state index < -0.39 is 6.61 Å². The van der Waals surface area contributed by atoms with Crippen molar-refractivity contribution in [3.63, 3.8) is 0 Å². The van der Waals surface area contributed by atoms with Crippen LogP contribution < -0.4 is 15.4 Å². The molecule has 1 fully saturated rings. The molecule has 0 spiro atoms. The van der Waals surface area contributed by atoms with E-state index in [-0.39, 0.29) is 29.0 Å². The Bertz CT molecular complexity index is 905. The molecule has 0 aliphatic carbocycles. The quantitative estimate of drug-likeness (QED) is 0.707. The first-order valence-electron chi connectivity index (χ1n) is 9.75. The number of aliphatic hydroxyl groups is 1. The number of aromatic nitrogens is 3. The standard InChI is InChI=1S/C20H26ClF2N5O2/c1-11-16(13-4-7-25-18(15(13)21)30-19(22)23)27-14(10-29)17(26-11)28-8-5-20(3,6-9-28)12(2)24/h4,7,12,19,29H,5-6,8-10,24H2,1-3H3. The Morgan fingerprint density at radius 3 is 2.57 bits per heavy atom. The topological polar surface area (TPSA) is 97.4 Å². The van der Waals surface area contributed by atoms with E-state index in [0.717, 1.165) is 25.9 Å². The Balaban J connectivity index is 1.95. The average Bonchev–Trinajstić information content (AvgIpc) is 2.70. The van der Waals surface area contributed by atoms with Crippen LogP contribution in [0.3, 0.4) is 0 Å². The van der Waals surface area contributed by atoms with E-state index >= 15 is 0 Å². The van der Waals surface area contributed by atoms with E-state index in [4.69, 9.17) is 17.3 Å². The molecule has 30 heavy (non-hydrogen) atoms. The van der Waals surface area contributed by atoms with Crippen molar-refractivity contribution in [3.05, 3.63) is 28.7 Å². The van der Waals surface area contributed by atoms with Gasteiger partial charge in [0.2, 0.25) is 5.88 Å². The minimum Gasteiger partial charge on any atom is -0.415 e. The number of alkyl halides is 2. The number of nitrogens with two attached hydrogens (primary N) is 1. The molecule has 1 aliphatic heterocycles. The number of hydrogen-bond acceptors (Lipinski definition) is 7. The van der Waals surface area contributed by atoms with Gasteiger partial charge in [-0.3, -0.25) is 0 Å². The summed E-state index contributed by atoms with van der Waals surface area (Å²) in [5, 5.41) is 9.84. The van der Waals surface area contributed by atoms with E-state index in [1.165, 1.54) is 6.20 Å². The van der Waals surface area contributed by atoms with Crippen LogP contribution in [-0.4, -0.2) is 45.8 Å². The zero-order valence-electron chi connectivity index (χ0n) is 17.2. The van der Waals surface area contributed by atoms with Crippen molar-refractivity contribution < 1.29 is 18.6 Å². The van der Waals surface area contributed by atoms with Crippen molar-refractivity contribution in [1.29, 1.82) is 0 Å². The molecule has 1 unspecified atom stereocenters. The highest BCUT2D eigenvalue weighted by Gasteiger charge is 2.34. The lowest BCUT2D eigenvalue weighted by molar-refractivity contribution is -0.0527. The first-order chi connectivity index (χ1) is 14.2. The average molecular weight is 442 g/mol. The van der Waals surface area contributed by atoms with Gasteiger partial charge in [-0.15, -0.1) is 0 Å². The molecule has 0 amide bonds. The summed E-state index contributed by atoms with van der Waals surface area (Å²) in [6.07, 6.45) is 3.12. The van der Waals surface area contributed by atoms with E-state index in [1.807, 2.05) is 6.92 Å². The van der Waals surface area contributed by atoms with E-state index in [0.29, 0.717) is 28.5 Å². The number of rotatable bonds is 6. The van der Waals surface area contributed by atoms with Gasteiger partial charge in [0.15, 0.2) is 5.82 Å². The molecule has 3 heterocycles. The molecule has 2 aromatic rings. The predicted molar refractivity (Wildman–Crippen MR) is 111 cm³/mol. The maximum atomic E-state index is 12.6. The minimum atomic E-state index is -3.05. The van der Waals surface area contributed by atoms with Crippen molar-refractivity contribution in [3.8, 4) is 17.1 Å². The van der Waals surface area contributed by atoms with Crippen LogP contribution in [0, 0.1) is 12.3 Å². The normalized spacial score (nSPS) is 17.3. The molecule has 10 heteroatoms. The second-order valence-corrected chi connectivity index (χ2v) is 8.25. The van der Waals surface area contributed by atoms with E-state index in [9.17, 15) is 13.9 Å². The molecule has 0 saturated carbocycles. The third-order valence-corrected chi connectivity index (χ3v) is 6.25.